The van der Waals surface area contributed by atoms with Crippen molar-refractivity contribution in [1.82, 2.24) is 0 Å². The molecule has 0 radical (unpaired) electrons. The van der Waals surface area contributed by atoms with Gasteiger partial charge < -0.3 is 14.6 Å². The fourth-order valence-corrected chi connectivity index (χ4v) is 3.33. The van der Waals surface area contributed by atoms with E-state index >= 15 is 0 Å². The molecule has 1 heterocycles. The molecular formula is C16H14BrNO5. The van der Waals surface area contributed by atoms with Crippen LogP contribution in [0.1, 0.15) is 23.3 Å². The molecular weight excluding hydrogens is 366 g/mol. The third kappa shape index (κ3) is 2.36. The fourth-order valence-electron chi connectivity index (χ4n) is 2.72. The van der Waals surface area contributed by atoms with Gasteiger partial charge in [0.05, 0.1) is 7.11 Å². The Morgan fingerprint density at radius 1 is 1.26 bits per heavy atom. The molecule has 120 valence electrons. The van der Waals surface area contributed by atoms with Crippen molar-refractivity contribution in [3.63, 3.8) is 0 Å². The van der Waals surface area contributed by atoms with Crippen LogP contribution in [0.25, 0.3) is 0 Å². The SMILES string of the molecule is COc1cccc2c1O[C@@H](c1ccccc1)[C@](Br)([N+](=O)[O-])[C@H]2O. The summed E-state index contributed by atoms with van der Waals surface area (Å²) < 4.78 is 9.27. The smallest absolute Gasteiger partial charge is 0.344 e. The summed E-state index contributed by atoms with van der Waals surface area (Å²) in [5, 5.41) is 22.4. The normalized spacial score (nSPS) is 26.0. The number of nitro groups is 1. The number of para-hydroxylation sites is 1. The summed E-state index contributed by atoms with van der Waals surface area (Å²) in [6.45, 7) is 0. The van der Waals surface area contributed by atoms with E-state index in [4.69, 9.17) is 9.47 Å². The van der Waals surface area contributed by atoms with Crippen molar-refractivity contribution in [1.29, 1.82) is 0 Å². The van der Waals surface area contributed by atoms with Crippen molar-refractivity contribution < 1.29 is 19.5 Å². The number of rotatable bonds is 3. The molecule has 3 atom stereocenters. The van der Waals surface area contributed by atoms with Crippen molar-refractivity contribution >= 4 is 15.9 Å². The van der Waals surface area contributed by atoms with Gasteiger partial charge in [-0.2, -0.15) is 0 Å². The average Bonchev–Trinajstić information content (AvgIpc) is 2.58. The van der Waals surface area contributed by atoms with Crippen LogP contribution in [-0.4, -0.2) is 21.6 Å². The maximum Gasteiger partial charge on any atom is 0.344 e. The van der Waals surface area contributed by atoms with Gasteiger partial charge in [-0.05, 0) is 6.07 Å². The van der Waals surface area contributed by atoms with Crippen LogP contribution in [0.3, 0.4) is 0 Å². The molecule has 0 aliphatic carbocycles. The third-order valence-corrected chi connectivity index (χ3v) is 5.03. The van der Waals surface area contributed by atoms with Crippen LogP contribution in [0.5, 0.6) is 11.5 Å². The van der Waals surface area contributed by atoms with Crippen molar-refractivity contribution in [3.8, 4) is 11.5 Å². The number of nitrogens with zero attached hydrogens (tertiary/aromatic N) is 1. The van der Waals surface area contributed by atoms with Gasteiger partial charge in [-0.1, -0.05) is 42.5 Å². The number of fused-ring (bicyclic) bond motifs is 1. The number of hydrogen-bond acceptors (Lipinski definition) is 5. The first-order valence-corrected chi connectivity index (χ1v) is 7.69. The lowest BCUT2D eigenvalue weighted by Crippen LogP contribution is -2.49. The van der Waals surface area contributed by atoms with E-state index in [0.717, 1.165) is 0 Å². The quantitative estimate of drug-likeness (QED) is 0.383. The highest BCUT2D eigenvalue weighted by molar-refractivity contribution is 9.10. The molecule has 3 rings (SSSR count). The zero-order chi connectivity index (χ0) is 16.6. The largest absolute Gasteiger partial charge is 0.493 e. The second-order valence-electron chi connectivity index (χ2n) is 5.17. The molecule has 0 fully saturated rings. The van der Waals surface area contributed by atoms with Crippen LogP contribution in [0.2, 0.25) is 0 Å². The summed E-state index contributed by atoms with van der Waals surface area (Å²) in [6, 6.07) is 13.7. The minimum absolute atomic E-state index is 0.310. The molecule has 2 aromatic rings. The number of halogens is 1. The van der Waals surface area contributed by atoms with Crippen molar-refractivity contribution in [2.24, 2.45) is 0 Å². The Kier molecular flexibility index (Phi) is 3.99. The highest BCUT2D eigenvalue weighted by Gasteiger charge is 2.61. The molecule has 23 heavy (non-hydrogen) atoms. The number of aliphatic hydroxyl groups excluding tert-OH is 1. The predicted octanol–water partition coefficient (Wildman–Crippen LogP) is 3.23. The second-order valence-corrected chi connectivity index (χ2v) is 6.44. The summed E-state index contributed by atoms with van der Waals surface area (Å²) >= 11 is 3.13. The monoisotopic (exact) mass is 379 g/mol. The lowest BCUT2D eigenvalue weighted by atomic mass is 9.90. The molecule has 0 amide bonds. The molecule has 0 aromatic heterocycles. The van der Waals surface area contributed by atoms with Gasteiger partial charge >= 0.3 is 4.45 Å². The molecule has 0 saturated carbocycles. The van der Waals surface area contributed by atoms with Gasteiger partial charge in [0, 0.05) is 32.0 Å². The molecule has 2 aromatic carbocycles. The molecule has 1 aliphatic heterocycles. The minimum Gasteiger partial charge on any atom is -0.493 e. The summed E-state index contributed by atoms with van der Waals surface area (Å²) in [5.74, 6) is 0.730. The Morgan fingerprint density at radius 2 is 1.96 bits per heavy atom. The van der Waals surface area contributed by atoms with Gasteiger partial charge in [-0.25, -0.2) is 0 Å². The van der Waals surface area contributed by atoms with E-state index in [1.165, 1.54) is 7.11 Å². The van der Waals surface area contributed by atoms with Gasteiger partial charge in [0.25, 0.3) is 0 Å². The van der Waals surface area contributed by atoms with Gasteiger partial charge in [-0.3, -0.25) is 10.1 Å². The van der Waals surface area contributed by atoms with Crippen LogP contribution in [0, 0.1) is 10.1 Å². The van der Waals surface area contributed by atoms with E-state index in [1.807, 2.05) is 0 Å². The van der Waals surface area contributed by atoms with Crippen LogP contribution >= 0.6 is 15.9 Å². The van der Waals surface area contributed by atoms with E-state index in [1.54, 1.807) is 48.5 Å². The molecule has 1 aliphatic rings. The predicted molar refractivity (Wildman–Crippen MR) is 86.4 cm³/mol. The number of methoxy groups -OCH3 is 1. The van der Waals surface area contributed by atoms with Gasteiger partial charge in [0.2, 0.25) is 6.10 Å². The molecule has 0 spiro atoms. The van der Waals surface area contributed by atoms with Gasteiger partial charge in [-0.15, -0.1) is 0 Å². The van der Waals surface area contributed by atoms with Crippen molar-refractivity contribution in [2.45, 2.75) is 16.7 Å². The van der Waals surface area contributed by atoms with E-state index in [0.29, 0.717) is 22.6 Å². The second kappa shape index (κ2) is 5.82. The highest BCUT2D eigenvalue weighted by atomic mass is 79.9. The van der Waals surface area contributed by atoms with Gasteiger partial charge in [0.15, 0.2) is 17.6 Å². The van der Waals surface area contributed by atoms with E-state index < -0.39 is 21.6 Å². The molecule has 0 unspecified atom stereocenters. The lowest BCUT2D eigenvalue weighted by Gasteiger charge is -2.38. The molecule has 7 heteroatoms. The standard InChI is InChI=1S/C16H14BrNO5/c1-22-12-9-5-8-11-13(12)23-15(10-6-3-2-4-7-10)16(17,14(11)19)18(20)21/h2-9,14-15,19H,1H3/t14-,15-,16+/m0/s1. The number of aliphatic hydroxyl groups is 1. The Hall–Kier alpha value is -2.12. The topological polar surface area (TPSA) is 81.8 Å². The Morgan fingerprint density at radius 3 is 2.57 bits per heavy atom. The zero-order valence-corrected chi connectivity index (χ0v) is 13.8. The number of ether oxygens (including phenoxy) is 2. The van der Waals surface area contributed by atoms with Crippen LogP contribution in [0.15, 0.2) is 48.5 Å². The Balaban J connectivity index is 2.21. The third-order valence-electron chi connectivity index (χ3n) is 3.89. The lowest BCUT2D eigenvalue weighted by molar-refractivity contribution is -0.563. The first-order valence-electron chi connectivity index (χ1n) is 6.90. The maximum absolute atomic E-state index is 11.7. The molecule has 1 N–H and O–H groups in total. The van der Waals surface area contributed by atoms with Crippen LogP contribution in [-0.2, 0) is 0 Å². The Bertz CT molecular complexity index is 739. The number of benzene rings is 2. The van der Waals surface area contributed by atoms with E-state index in [9.17, 15) is 15.2 Å². The zero-order valence-electron chi connectivity index (χ0n) is 12.2. The minimum atomic E-state index is -1.90. The number of hydrogen-bond donors (Lipinski definition) is 1. The van der Waals surface area contributed by atoms with E-state index in [2.05, 4.69) is 15.9 Å². The fraction of sp³-hybridized carbons (Fsp3) is 0.250. The number of alkyl halides is 1. The first kappa shape index (κ1) is 15.8. The summed E-state index contributed by atoms with van der Waals surface area (Å²) in [5.41, 5.74) is 0.891. The average molecular weight is 380 g/mol. The highest BCUT2D eigenvalue weighted by Crippen LogP contribution is 2.54. The maximum atomic E-state index is 11.7. The van der Waals surface area contributed by atoms with Crippen molar-refractivity contribution in [3.05, 3.63) is 69.8 Å². The molecule has 6 nitrogen and oxygen atoms in total. The van der Waals surface area contributed by atoms with Crippen LogP contribution in [0.4, 0.5) is 0 Å². The Labute approximate surface area is 140 Å². The van der Waals surface area contributed by atoms with Crippen LogP contribution < -0.4 is 9.47 Å². The summed E-state index contributed by atoms with van der Waals surface area (Å²) in [7, 11) is 1.48. The summed E-state index contributed by atoms with van der Waals surface area (Å²) in [6.07, 6.45) is -2.42. The molecule has 0 bridgehead atoms. The molecule has 0 saturated heterocycles. The summed E-state index contributed by atoms with van der Waals surface area (Å²) in [4.78, 5) is 11.2. The first-order chi connectivity index (χ1) is 11.0. The van der Waals surface area contributed by atoms with E-state index in [-0.39, 0.29) is 0 Å². The van der Waals surface area contributed by atoms with Gasteiger partial charge in [0.1, 0.15) is 0 Å². The van der Waals surface area contributed by atoms with Crippen molar-refractivity contribution in [2.75, 3.05) is 7.11 Å².